The summed E-state index contributed by atoms with van der Waals surface area (Å²) in [4.78, 5) is 3.97. The molecule has 5 aromatic rings. The van der Waals surface area contributed by atoms with Gasteiger partial charge >= 0.3 is 6.18 Å². The van der Waals surface area contributed by atoms with Gasteiger partial charge in [-0.2, -0.15) is 18.3 Å². The summed E-state index contributed by atoms with van der Waals surface area (Å²) < 4.78 is 44.8. The van der Waals surface area contributed by atoms with Crippen LogP contribution in [0.25, 0.3) is 27.4 Å². The molecule has 0 aliphatic rings. The minimum atomic E-state index is -4.94. The highest BCUT2D eigenvalue weighted by Gasteiger charge is 2.57. The van der Waals surface area contributed by atoms with Gasteiger partial charge in [-0.05, 0) is 40.6 Å². The zero-order chi connectivity index (χ0) is 21.6. The van der Waals surface area contributed by atoms with E-state index in [4.69, 9.17) is 0 Å². The van der Waals surface area contributed by atoms with Gasteiger partial charge in [0.15, 0.2) is 0 Å². The maximum atomic E-state index is 14.4. The number of alkyl halides is 3. The molecule has 154 valence electrons. The SMILES string of the molecule is OC(c1ccc2c(cnn2-c2ccncc2)c1)(c1cccc2ccccc12)C(F)(F)F. The average Bonchev–Trinajstić information content (AvgIpc) is 3.21. The van der Waals surface area contributed by atoms with Crippen molar-refractivity contribution < 1.29 is 18.3 Å². The van der Waals surface area contributed by atoms with Gasteiger partial charge in [0.05, 0.1) is 17.4 Å². The lowest BCUT2D eigenvalue weighted by Crippen LogP contribution is -2.43. The maximum absolute atomic E-state index is 14.4. The van der Waals surface area contributed by atoms with Gasteiger partial charge < -0.3 is 5.11 Å². The molecule has 0 amide bonds. The van der Waals surface area contributed by atoms with Gasteiger partial charge in [0.1, 0.15) is 0 Å². The molecule has 0 bridgehead atoms. The molecule has 0 spiro atoms. The van der Waals surface area contributed by atoms with Gasteiger partial charge in [-0.3, -0.25) is 4.98 Å². The molecular formula is C24H16F3N3O. The van der Waals surface area contributed by atoms with Crippen LogP contribution in [0.3, 0.4) is 0 Å². The summed E-state index contributed by atoms with van der Waals surface area (Å²) in [5.74, 6) is 0. The average molecular weight is 419 g/mol. The molecular weight excluding hydrogens is 403 g/mol. The highest BCUT2D eigenvalue weighted by Crippen LogP contribution is 2.47. The van der Waals surface area contributed by atoms with Crippen LogP contribution in [0.4, 0.5) is 13.2 Å². The van der Waals surface area contributed by atoms with E-state index in [-0.39, 0.29) is 11.1 Å². The van der Waals surface area contributed by atoms with Crippen molar-refractivity contribution in [2.45, 2.75) is 11.8 Å². The van der Waals surface area contributed by atoms with Crippen molar-refractivity contribution >= 4 is 21.7 Å². The zero-order valence-corrected chi connectivity index (χ0v) is 16.1. The number of rotatable bonds is 3. The Morgan fingerprint density at radius 1 is 0.806 bits per heavy atom. The molecule has 0 aliphatic carbocycles. The Morgan fingerprint density at radius 3 is 2.32 bits per heavy atom. The third-order valence-corrected chi connectivity index (χ3v) is 5.48. The molecule has 7 heteroatoms. The molecule has 0 radical (unpaired) electrons. The Labute approximate surface area is 175 Å². The second-order valence-electron chi connectivity index (χ2n) is 7.27. The van der Waals surface area contributed by atoms with Gasteiger partial charge in [0.2, 0.25) is 5.60 Å². The predicted molar refractivity (Wildman–Crippen MR) is 112 cm³/mol. The van der Waals surface area contributed by atoms with Crippen molar-refractivity contribution in [3.63, 3.8) is 0 Å². The molecule has 0 saturated heterocycles. The van der Waals surface area contributed by atoms with Crippen molar-refractivity contribution in [3.05, 3.63) is 103 Å². The van der Waals surface area contributed by atoms with Crippen molar-refractivity contribution in [3.8, 4) is 5.69 Å². The fourth-order valence-corrected chi connectivity index (χ4v) is 3.96. The number of fused-ring (bicyclic) bond motifs is 2. The van der Waals surface area contributed by atoms with E-state index in [9.17, 15) is 18.3 Å². The first-order chi connectivity index (χ1) is 14.9. The molecule has 1 atom stereocenters. The van der Waals surface area contributed by atoms with Crippen molar-refractivity contribution in [2.75, 3.05) is 0 Å². The molecule has 2 heterocycles. The molecule has 0 fully saturated rings. The third-order valence-electron chi connectivity index (χ3n) is 5.48. The third kappa shape index (κ3) is 2.97. The predicted octanol–water partition coefficient (Wildman–Crippen LogP) is 5.37. The van der Waals surface area contributed by atoms with E-state index in [1.165, 1.54) is 30.5 Å². The number of halogens is 3. The summed E-state index contributed by atoms with van der Waals surface area (Å²) in [5.41, 5.74) is -2.30. The van der Waals surface area contributed by atoms with Crippen LogP contribution < -0.4 is 0 Å². The fraction of sp³-hybridized carbons (Fsp3) is 0.0833. The Kier molecular flexibility index (Phi) is 4.30. The summed E-state index contributed by atoms with van der Waals surface area (Å²) in [6.07, 6.45) is -0.231. The topological polar surface area (TPSA) is 50.9 Å². The van der Waals surface area contributed by atoms with Crippen LogP contribution in [0.2, 0.25) is 0 Å². The van der Waals surface area contributed by atoms with E-state index >= 15 is 0 Å². The van der Waals surface area contributed by atoms with E-state index in [0.29, 0.717) is 21.7 Å². The van der Waals surface area contributed by atoms with Crippen LogP contribution in [-0.4, -0.2) is 26.0 Å². The first kappa shape index (κ1) is 19.3. The first-order valence-corrected chi connectivity index (χ1v) is 9.55. The number of benzene rings is 3. The second-order valence-corrected chi connectivity index (χ2v) is 7.27. The van der Waals surface area contributed by atoms with Crippen LogP contribution >= 0.6 is 0 Å². The normalized spacial score (nSPS) is 14.1. The standard InChI is InChI=1S/C24H16F3N3O/c25-24(26,27)23(31,21-7-3-5-16-4-1-2-6-20(16)21)18-8-9-22-17(14-18)15-29-30(22)19-10-12-28-13-11-19/h1-15,31H. The van der Waals surface area contributed by atoms with Gasteiger partial charge in [-0.15, -0.1) is 0 Å². The number of aromatic nitrogens is 3. The van der Waals surface area contributed by atoms with Crippen LogP contribution in [-0.2, 0) is 5.60 Å². The van der Waals surface area contributed by atoms with E-state index in [2.05, 4.69) is 10.1 Å². The number of hydrogen-bond donors (Lipinski definition) is 1. The Hall–Kier alpha value is -3.71. The second kappa shape index (κ2) is 6.92. The maximum Gasteiger partial charge on any atom is 0.425 e. The molecule has 5 rings (SSSR count). The molecule has 31 heavy (non-hydrogen) atoms. The molecule has 1 unspecified atom stereocenters. The van der Waals surface area contributed by atoms with E-state index in [0.717, 1.165) is 5.69 Å². The van der Waals surface area contributed by atoms with E-state index in [1.807, 2.05) is 0 Å². The van der Waals surface area contributed by atoms with Gasteiger partial charge in [0.25, 0.3) is 0 Å². The minimum Gasteiger partial charge on any atom is -0.372 e. The van der Waals surface area contributed by atoms with E-state index < -0.39 is 11.8 Å². The largest absolute Gasteiger partial charge is 0.425 e. The lowest BCUT2D eigenvalue weighted by molar-refractivity contribution is -0.247. The van der Waals surface area contributed by atoms with Crippen LogP contribution in [0.1, 0.15) is 11.1 Å². The summed E-state index contributed by atoms with van der Waals surface area (Å²) in [5, 5.41) is 17.0. The quantitative estimate of drug-likeness (QED) is 0.428. The molecule has 1 N–H and O–H groups in total. The number of pyridine rings is 1. The fourth-order valence-electron chi connectivity index (χ4n) is 3.96. The molecule has 0 saturated carbocycles. The number of hydrogen-bond acceptors (Lipinski definition) is 3. The monoisotopic (exact) mass is 419 g/mol. The van der Waals surface area contributed by atoms with Crippen molar-refractivity contribution in [2.24, 2.45) is 0 Å². The van der Waals surface area contributed by atoms with Crippen LogP contribution in [0.15, 0.2) is 91.4 Å². The Balaban J connectivity index is 1.73. The lowest BCUT2D eigenvalue weighted by atomic mass is 9.82. The van der Waals surface area contributed by atoms with E-state index in [1.54, 1.807) is 65.6 Å². The Morgan fingerprint density at radius 2 is 1.55 bits per heavy atom. The summed E-state index contributed by atoms with van der Waals surface area (Å²) in [7, 11) is 0. The van der Waals surface area contributed by atoms with Crippen LogP contribution in [0.5, 0.6) is 0 Å². The summed E-state index contributed by atoms with van der Waals surface area (Å²) in [6.45, 7) is 0. The van der Waals surface area contributed by atoms with Gasteiger partial charge in [-0.1, -0.05) is 48.5 Å². The highest BCUT2D eigenvalue weighted by atomic mass is 19.4. The van der Waals surface area contributed by atoms with Gasteiger partial charge in [0, 0.05) is 23.3 Å². The molecule has 0 aliphatic heterocycles. The highest BCUT2D eigenvalue weighted by molar-refractivity contribution is 5.88. The summed E-state index contributed by atoms with van der Waals surface area (Å²) >= 11 is 0. The number of aliphatic hydroxyl groups is 1. The molecule has 3 aromatic carbocycles. The smallest absolute Gasteiger partial charge is 0.372 e. The molecule has 4 nitrogen and oxygen atoms in total. The molecule has 2 aromatic heterocycles. The summed E-state index contributed by atoms with van der Waals surface area (Å²) in [6, 6.07) is 19.0. The zero-order valence-electron chi connectivity index (χ0n) is 16.1. The minimum absolute atomic E-state index is 0.209. The van der Waals surface area contributed by atoms with Gasteiger partial charge in [-0.25, -0.2) is 4.68 Å². The van der Waals surface area contributed by atoms with Crippen molar-refractivity contribution in [1.29, 1.82) is 0 Å². The Bertz CT molecular complexity index is 1390. The van der Waals surface area contributed by atoms with Crippen molar-refractivity contribution in [1.82, 2.24) is 14.8 Å². The van der Waals surface area contributed by atoms with Crippen LogP contribution in [0, 0.1) is 0 Å². The lowest BCUT2D eigenvalue weighted by Gasteiger charge is -2.32. The first-order valence-electron chi connectivity index (χ1n) is 9.55. The number of nitrogens with zero attached hydrogens (tertiary/aromatic N) is 3.